The molecule has 1 aromatic carbocycles. The molecule has 0 fully saturated rings. The number of ketones is 1. The number of H-pyrrole nitrogens is 1. The number of rotatable bonds is 6. The molecule has 24 heavy (non-hydrogen) atoms. The Kier molecular flexibility index (Phi) is 4.28. The number of carbonyl (C=O) groups is 1. The molecule has 3 rings (SSSR count). The Hall–Kier alpha value is -3.55. The van der Waals surface area contributed by atoms with Crippen molar-refractivity contribution in [3.05, 3.63) is 60.4 Å². The van der Waals surface area contributed by atoms with E-state index in [9.17, 15) is 9.90 Å². The number of methoxy groups -OCH3 is 1. The number of nitrogens with zero attached hydrogens (tertiary/aromatic N) is 2. The van der Waals surface area contributed by atoms with E-state index >= 15 is 0 Å². The summed E-state index contributed by atoms with van der Waals surface area (Å²) in [6, 6.07) is 8.50. The Morgan fingerprint density at radius 2 is 2.12 bits per heavy atom. The molecule has 8 heteroatoms. The van der Waals surface area contributed by atoms with Crippen molar-refractivity contribution >= 4 is 11.5 Å². The van der Waals surface area contributed by atoms with Gasteiger partial charge in [0, 0.05) is 12.1 Å². The third-order valence-corrected chi connectivity index (χ3v) is 3.07. The van der Waals surface area contributed by atoms with E-state index in [1.54, 1.807) is 18.2 Å². The summed E-state index contributed by atoms with van der Waals surface area (Å²) in [5, 5.41) is 16.0. The zero-order valence-corrected chi connectivity index (χ0v) is 12.6. The number of ether oxygens (including phenoxy) is 2. The van der Waals surface area contributed by atoms with Crippen LogP contribution in [-0.4, -0.2) is 33.2 Å². The number of carbonyl (C=O) groups excluding carboxylic acids is 1. The fourth-order valence-electron chi connectivity index (χ4n) is 1.92. The Balaban J connectivity index is 1.76. The first-order chi connectivity index (χ1) is 11.7. The number of benzene rings is 1. The van der Waals surface area contributed by atoms with Gasteiger partial charge in [0.1, 0.15) is 18.3 Å². The molecule has 0 saturated carbocycles. The van der Waals surface area contributed by atoms with Crippen molar-refractivity contribution in [2.45, 2.75) is 0 Å². The van der Waals surface area contributed by atoms with Crippen LogP contribution in [0.1, 0.15) is 16.2 Å². The number of para-hydroxylation sites is 2. The van der Waals surface area contributed by atoms with Gasteiger partial charge in [-0.15, -0.1) is 0 Å². The van der Waals surface area contributed by atoms with Crippen LogP contribution < -0.4 is 9.47 Å². The number of aromatic nitrogens is 3. The molecular weight excluding hydrogens is 314 g/mol. The first-order valence-electron chi connectivity index (χ1n) is 6.87. The van der Waals surface area contributed by atoms with E-state index in [-0.39, 0.29) is 23.1 Å². The number of nitrogens with one attached hydrogen (secondary N) is 1. The lowest BCUT2D eigenvalue weighted by Crippen LogP contribution is -1.98. The number of aliphatic hydroxyl groups excluding tert-OH is 1. The molecule has 2 heterocycles. The number of furan rings is 1. The van der Waals surface area contributed by atoms with Crippen LogP contribution in [0.3, 0.4) is 0 Å². The van der Waals surface area contributed by atoms with Gasteiger partial charge in [-0.2, -0.15) is 5.10 Å². The van der Waals surface area contributed by atoms with Crippen molar-refractivity contribution in [2.75, 3.05) is 7.11 Å². The summed E-state index contributed by atoms with van der Waals surface area (Å²) in [5.41, 5.74) is 0.285. The van der Waals surface area contributed by atoms with Crippen LogP contribution >= 0.6 is 0 Å². The van der Waals surface area contributed by atoms with Gasteiger partial charge in [0.15, 0.2) is 17.3 Å². The third-order valence-electron chi connectivity index (χ3n) is 3.07. The smallest absolute Gasteiger partial charge is 0.290 e. The van der Waals surface area contributed by atoms with Gasteiger partial charge in [-0.25, -0.2) is 4.98 Å². The van der Waals surface area contributed by atoms with E-state index < -0.39 is 5.78 Å². The lowest BCUT2D eigenvalue weighted by atomic mass is 10.2. The van der Waals surface area contributed by atoms with Crippen LogP contribution in [0.4, 0.5) is 0 Å². The highest BCUT2D eigenvalue weighted by molar-refractivity contribution is 6.05. The molecule has 0 aliphatic carbocycles. The molecule has 8 nitrogen and oxygen atoms in total. The van der Waals surface area contributed by atoms with Crippen LogP contribution in [-0.2, 0) is 0 Å². The molecule has 0 unspecified atom stereocenters. The maximum atomic E-state index is 11.8. The molecule has 122 valence electrons. The SMILES string of the molecule is COc1ccccc1Oc1cc(C(O)=CC(=O)c2ncn[nH]2)co1. The van der Waals surface area contributed by atoms with E-state index in [1.165, 1.54) is 25.8 Å². The highest BCUT2D eigenvalue weighted by Gasteiger charge is 2.13. The molecule has 0 radical (unpaired) electrons. The van der Waals surface area contributed by atoms with Gasteiger partial charge in [0.2, 0.25) is 5.78 Å². The molecular formula is C16H13N3O5. The number of aliphatic hydroxyl groups is 1. The van der Waals surface area contributed by atoms with Gasteiger partial charge in [-0.3, -0.25) is 9.89 Å². The topological polar surface area (TPSA) is 110 Å². The Morgan fingerprint density at radius 1 is 1.33 bits per heavy atom. The number of hydrogen-bond acceptors (Lipinski definition) is 7. The molecule has 0 amide bonds. The molecule has 0 aliphatic heterocycles. The largest absolute Gasteiger partial charge is 0.507 e. The number of aromatic amines is 1. The van der Waals surface area contributed by atoms with Gasteiger partial charge in [0.05, 0.1) is 12.7 Å². The van der Waals surface area contributed by atoms with Crippen molar-refractivity contribution in [2.24, 2.45) is 0 Å². The normalized spacial score (nSPS) is 11.3. The second-order valence-electron chi connectivity index (χ2n) is 4.64. The zero-order valence-electron chi connectivity index (χ0n) is 12.6. The summed E-state index contributed by atoms with van der Waals surface area (Å²) in [6.07, 6.45) is 3.48. The van der Waals surface area contributed by atoms with Crippen molar-refractivity contribution in [3.63, 3.8) is 0 Å². The molecule has 0 atom stereocenters. The van der Waals surface area contributed by atoms with Gasteiger partial charge in [-0.1, -0.05) is 12.1 Å². The third kappa shape index (κ3) is 3.27. The minimum atomic E-state index is -0.515. The maximum Gasteiger partial charge on any atom is 0.290 e. The highest BCUT2D eigenvalue weighted by Crippen LogP contribution is 2.32. The summed E-state index contributed by atoms with van der Waals surface area (Å²) < 4.78 is 16.0. The standard InChI is InChI=1S/C16H13N3O5/c1-22-13-4-2-3-5-14(13)24-15-6-10(8-23-15)11(20)7-12(21)16-17-9-18-19-16/h2-9,20H,1H3,(H,17,18,19). The summed E-state index contributed by atoms with van der Waals surface area (Å²) in [5.74, 6) is 0.364. The quantitative estimate of drug-likeness (QED) is 0.407. The molecule has 0 saturated heterocycles. The van der Waals surface area contributed by atoms with E-state index in [0.29, 0.717) is 11.5 Å². The average molecular weight is 327 g/mol. The highest BCUT2D eigenvalue weighted by atomic mass is 16.6. The van der Waals surface area contributed by atoms with Crippen molar-refractivity contribution < 1.29 is 23.8 Å². The lowest BCUT2D eigenvalue weighted by Gasteiger charge is -2.06. The minimum absolute atomic E-state index is 0.0236. The predicted octanol–water partition coefficient (Wildman–Crippen LogP) is 2.98. The Labute approximate surface area is 136 Å². The molecule has 0 bridgehead atoms. The van der Waals surface area contributed by atoms with Gasteiger partial charge in [-0.05, 0) is 12.1 Å². The van der Waals surface area contributed by atoms with E-state index in [1.807, 2.05) is 6.07 Å². The summed E-state index contributed by atoms with van der Waals surface area (Å²) in [6.45, 7) is 0. The second kappa shape index (κ2) is 6.69. The number of allylic oxidation sites excluding steroid dienone is 1. The van der Waals surface area contributed by atoms with E-state index in [4.69, 9.17) is 13.9 Å². The fraction of sp³-hybridized carbons (Fsp3) is 0.0625. The van der Waals surface area contributed by atoms with Crippen LogP contribution in [0.25, 0.3) is 5.76 Å². The van der Waals surface area contributed by atoms with Crippen molar-refractivity contribution in [1.29, 1.82) is 0 Å². The molecule has 2 aromatic heterocycles. The lowest BCUT2D eigenvalue weighted by molar-refractivity contribution is 0.103. The second-order valence-corrected chi connectivity index (χ2v) is 4.64. The van der Waals surface area contributed by atoms with Crippen LogP contribution in [0, 0.1) is 0 Å². The zero-order chi connectivity index (χ0) is 16.9. The minimum Gasteiger partial charge on any atom is -0.507 e. The van der Waals surface area contributed by atoms with Gasteiger partial charge >= 0.3 is 0 Å². The molecule has 0 spiro atoms. The van der Waals surface area contributed by atoms with E-state index in [2.05, 4.69) is 15.2 Å². The monoisotopic (exact) mass is 327 g/mol. The van der Waals surface area contributed by atoms with Crippen molar-refractivity contribution in [3.8, 4) is 17.4 Å². The predicted molar refractivity (Wildman–Crippen MR) is 83.1 cm³/mol. The van der Waals surface area contributed by atoms with Gasteiger partial charge in [0.25, 0.3) is 5.95 Å². The molecule has 0 aliphatic rings. The molecule has 3 aromatic rings. The summed E-state index contributed by atoms with van der Waals surface area (Å²) in [7, 11) is 1.53. The Bertz CT molecular complexity index is 867. The molecule has 2 N–H and O–H groups in total. The van der Waals surface area contributed by atoms with Crippen LogP contribution in [0.2, 0.25) is 0 Å². The summed E-state index contributed by atoms with van der Waals surface area (Å²) >= 11 is 0. The van der Waals surface area contributed by atoms with Crippen molar-refractivity contribution in [1.82, 2.24) is 15.2 Å². The van der Waals surface area contributed by atoms with E-state index in [0.717, 1.165) is 6.08 Å². The fourth-order valence-corrected chi connectivity index (χ4v) is 1.92. The first-order valence-corrected chi connectivity index (χ1v) is 6.87. The van der Waals surface area contributed by atoms with Crippen LogP contribution in [0.15, 0.2) is 53.4 Å². The number of hydrogen-bond donors (Lipinski definition) is 2. The Morgan fingerprint density at radius 3 is 2.83 bits per heavy atom. The summed E-state index contributed by atoms with van der Waals surface area (Å²) in [4.78, 5) is 15.5. The maximum absolute atomic E-state index is 11.8. The average Bonchev–Trinajstić information content (AvgIpc) is 3.27. The van der Waals surface area contributed by atoms with Gasteiger partial charge < -0.3 is 19.0 Å². The van der Waals surface area contributed by atoms with Crippen LogP contribution in [0.5, 0.6) is 17.4 Å². The first kappa shape index (κ1) is 15.3.